The lowest BCUT2D eigenvalue weighted by Gasteiger charge is -2.11. The van der Waals surface area contributed by atoms with Crippen LogP contribution in [0.3, 0.4) is 0 Å². The number of benzene rings is 1. The summed E-state index contributed by atoms with van der Waals surface area (Å²) < 4.78 is 10.0. The van der Waals surface area contributed by atoms with Crippen LogP contribution >= 0.6 is 11.6 Å². The molecule has 3 rings (SSSR count). The second-order valence-corrected chi connectivity index (χ2v) is 8.45. The monoisotopic (exact) mass is 473 g/mol. The Morgan fingerprint density at radius 1 is 1.18 bits per heavy atom. The molecule has 0 bridgehead atoms. The minimum atomic E-state index is -0.495. The van der Waals surface area contributed by atoms with Crippen molar-refractivity contribution in [3.63, 3.8) is 0 Å². The average Bonchev–Trinajstić information content (AvgIpc) is 3.14. The van der Waals surface area contributed by atoms with E-state index < -0.39 is 11.2 Å². The molecule has 33 heavy (non-hydrogen) atoms. The lowest BCUT2D eigenvalue weighted by molar-refractivity contribution is 0.277. The smallest absolute Gasteiger partial charge is 0.332 e. The molecule has 0 spiro atoms. The van der Waals surface area contributed by atoms with E-state index in [-0.39, 0.29) is 43.4 Å². The fourth-order valence-electron chi connectivity index (χ4n) is 3.25. The summed E-state index contributed by atoms with van der Waals surface area (Å²) in [7, 11) is 1.56. The summed E-state index contributed by atoms with van der Waals surface area (Å²) in [5, 5.41) is 9.78. The van der Waals surface area contributed by atoms with Crippen molar-refractivity contribution in [3.8, 4) is 6.01 Å². The van der Waals surface area contributed by atoms with E-state index in [4.69, 9.17) is 16.3 Å². The molecule has 2 heterocycles. The highest BCUT2D eigenvalue weighted by atomic mass is 35.5. The first-order valence-corrected chi connectivity index (χ1v) is 11.0. The van der Waals surface area contributed by atoms with Crippen LogP contribution in [0.15, 0.2) is 50.6 Å². The fraction of sp³-hybridized carbons (Fsp3) is 0.391. The summed E-state index contributed by atoms with van der Waals surface area (Å²) in [6, 6.07) is 7.44. The molecule has 0 amide bonds. The number of halogens is 1. The second kappa shape index (κ2) is 10.6. The van der Waals surface area contributed by atoms with E-state index in [0.717, 1.165) is 21.4 Å². The predicted octanol–water partition coefficient (Wildman–Crippen LogP) is 2.74. The van der Waals surface area contributed by atoms with E-state index in [1.165, 1.54) is 4.57 Å². The maximum absolute atomic E-state index is 13.3. The van der Waals surface area contributed by atoms with Gasteiger partial charge in [-0.25, -0.2) is 4.79 Å². The summed E-state index contributed by atoms with van der Waals surface area (Å²) in [4.78, 5) is 34.9. The number of ether oxygens (including phenoxy) is 1. The van der Waals surface area contributed by atoms with Crippen LogP contribution in [-0.4, -0.2) is 42.7 Å². The van der Waals surface area contributed by atoms with E-state index in [0.29, 0.717) is 11.6 Å². The van der Waals surface area contributed by atoms with Gasteiger partial charge in [0.25, 0.3) is 11.6 Å². The molecule has 9 nitrogen and oxygen atoms in total. The Morgan fingerprint density at radius 3 is 2.52 bits per heavy atom. The Balaban J connectivity index is 2.14. The van der Waals surface area contributed by atoms with E-state index in [9.17, 15) is 14.7 Å². The van der Waals surface area contributed by atoms with Crippen molar-refractivity contribution in [2.24, 2.45) is 12.0 Å². The Hall–Kier alpha value is -3.17. The number of aliphatic imine (C=N–C) groups is 1. The first-order valence-electron chi connectivity index (χ1n) is 10.6. The summed E-state index contributed by atoms with van der Waals surface area (Å²) in [5.74, 6) is 0. The summed E-state index contributed by atoms with van der Waals surface area (Å²) in [6.07, 6.45) is 2.04. The molecular weight excluding hydrogens is 446 g/mol. The van der Waals surface area contributed by atoms with Gasteiger partial charge in [-0.15, -0.1) is 0 Å². The van der Waals surface area contributed by atoms with Gasteiger partial charge in [0, 0.05) is 31.4 Å². The van der Waals surface area contributed by atoms with Crippen LogP contribution in [0.5, 0.6) is 6.01 Å². The van der Waals surface area contributed by atoms with Crippen LogP contribution in [0.4, 0.5) is 0 Å². The van der Waals surface area contributed by atoms with Crippen molar-refractivity contribution in [1.82, 2.24) is 18.7 Å². The van der Waals surface area contributed by atoms with Crippen LogP contribution in [0.25, 0.3) is 11.2 Å². The number of aryl methyl sites for hydroxylation is 1. The van der Waals surface area contributed by atoms with Crippen molar-refractivity contribution in [3.05, 3.63) is 67.5 Å². The normalized spacial score (nSPS) is 11.8. The molecule has 176 valence electrons. The number of imidazole rings is 1. The van der Waals surface area contributed by atoms with E-state index >= 15 is 0 Å². The van der Waals surface area contributed by atoms with Crippen molar-refractivity contribution in [2.45, 2.75) is 40.3 Å². The van der Waals surface area contributed by atoms with Gasteiger partial charge in [0.05, 0.1) is 12.3 Å². The zero-order valence-corrected chi connectivity index (χ0v) is 20.0. The molecule has 0 atom stereocenters. The molecule has 2 aromatic heterocycles. The zero-order chi connectivity index (χ0) is 24.1. The number of aliphatic hydroxyl groups excluding tert-OH is 1. The summed E-state index contributed by atoms with van der Waals surface area (Å²) >= 11 is 6.02. The summed E-state index contributed by atoms with van der Waals surface area (Å²) in [6.45, 7) is 6.17. The third-order valence-electron chi connectivity index (χ3n) is 4.94. The average molecular weight is 474 g/mol. The first-order chi connectivity index (χ1) is 15.7. The molecular formula is C23H28ClN5O4. The van der Waals surface area contributed by atoms with Gasteiger partial charge in [-0.3, -0.25) is 23.5 Å². The molecule has 0 saturated carbocycles. The van der Waals surface area contributed by atoms with Gasteiger partial charge in [0.15, 0.2) is 11.2 Å². The number of allylic oxidation sites excluding steroid dienone is 1. The van der Waals surface area contributed by atoms with Gasteiger partial charge in [-0.1, -0.05) is 29.3 Å². The van der Waals surface area contributed by atoms with Crippen molar-refractivity contribution in [2.75, 3.05) is 13.2 Å². The predicted molar refractivity (Wildman–Crippen MR) is 130 cm³/mol. The van der Waals surface area contributed by atoms with Crippen LogP contribution < -0.4 is 16.0 Å². The number of hydrogen-bond acceptors (Lipinski definition) is 6. The minimum absolute atomic E-state index is 0.106. The lowest BCUT2D eigenvalue weighted by Crippen LogP contribution is -2.39. The third-order valence-corrected chi connectivity index (χ3v) is 5.20. The highest BCUT2D eigenvalue weighted by Gasteiger charge is 2.21. The van der Waals surface area contributed by atoms with Crippen LogP contribution in [-0.2, 0) is 20.1 Å². The SMILES string of the molecule is CC(C)=C/N=C(\C)COc1nc2c(c(=O)n(CCCO)c(=O)n2C)n1Cc1ccc(Cl)cc1. The molecule has 0 aliphatic heterocycles. The Bertz CT molecular complexity index is 1310. The molecule has 10 heteroatoms. The third kappa shape index (κ3) is 5.61. The number of nitrogens with zero attached hydrogens (tertiary/aromatic N) is 5. The molecule has 0 saturated heterocycles. The molecule has 1 N–H and O–H groups in total. The highest BCUT2D eigenvalue weighted by Crippen LogP contribution is 2.21. The summed E-state index contributed by atoms with van der Waals surface area (Å²) in [5.41, 5.74) is 2.18. The molecule has 3 aromatic rings. The lowest BCUT2D eigenvalue weighted by atomic mass is 10.2. The number of aromatic nitrogens is 4. The van der Waals surface area contributed by atoms with Gasteiger partial charge < -0.3 is 9.84 Å². The standard InChI is InChI=1S/C23H28ClN5O4/c1-15(2)12-25-16(3)14-33-22-26-20-19(29(22)13-17-6-8-18(24)9-7-17)21(31)28(10-5-11-30)23(32)27(20)4/h6-9,12,30H,5,10-11,13-14H2,1-4H3/b25-16+. The minimum Gasteiger partial charge on any atom is -0.458 e. The van der Waals surface area contributed by atoms with Crippen molar-refractivity contribution in [1.29, 1.82) is 0 Å². The number of rotatable bonds is 9. The second-order valence-electron chi connectivity index (χ2n) is 8.01. The van der Waals surface area contributed by atoms with Crippen molar-refractivity contribution >= 4 is 28.5 Å². The zero-order valence-electron chi connectivity index (χ0n) is 19.2. The molecule has 0 radical (unpaired) electrons. The Labute approximate surface area is 196 Å². The van der Waals surface area contributed by atoms with Gasteiger partial charge in [0.1, 0.15) is 6.61 Å². The van der Waals surface area contributed by atoms with E-state index in [1.807, 2.05) is 32.9 Å². The molecule has 1 aromatic carbocycles. The number of hydrogen-bond donors (Lipinski definition) is 1. The quantitative estimate of drug-likeness (QED) is 0.481. The van der Waals surface area contributed by atoms with Crippen LogP contribution in [0.1, 0.15) is 32.8 Å². The van der Waals surface area contributed by atoms with Gasteiger partial charge >= 0.3 is 5.69 Å². The van der Waals surface area contributed by atoms with Crippen LogP contribution in [0, 0.1) is 0 Å². The Morgan fingerprint density at radius 2 is 1.88 bits per heavy atom. The molecule has 0 aliphatic rings. The van der Waals surface area contributed by atoms with Crippen LogP contribution in [0.2, 0.25) is 5.02 Å². The number of aliphatic hydroxyl groups is 1. The van der Waals surface area contributed by atoms with Crippen molar-refractivity contribution < 1.29 is 9.84 Å². The molecule has 0 unspecified atom stereocenters. The topological polar surface area (TPSA) is 104 Å². The maximum atomic E-state index is 13.3. The fourth-order valence-corrected chi connectivity index (χ4v) is 3.38. The van der Waals surface area contributed by atoms with E-state index in [2.05, 4.69) is 9.98 Å². The molecule has 0 aliphatic carbocycles. The van der Waals surface area contributed by atoms with E-state index in [1.54, 1.807) is 29.9 Å². The Kier molecular flexibility index (Phi) is 7.88. The first kappa shape index (κ1) is 24.5. The van der Waals surface area contributed by atoms with Gasteiger partial charge in [-0.2, -0.15) is 4.98 Å². The number of fused-ring (bicyclic) bond motifs is 1. The maximum Gasteiger partial charge on any atom is 0.332 e. The highest BCUT2D eigenvalue weighted by molar-refractivity contribution is 6.30. The van der Waals surface area contributed by atoms with Gasteiger partial charge in [-0.05, 0) is 44.9 Å². The largest absolute Gasteiger partial charge is 0.458 e. The van der Waals surface area contributed by atoms with Gasteiger partial charge in [0.2, 0.25) is 0 Å². The molecule has 0 fully saturated rings.